The van der Waals surface area contributed by atoms with Crippen molar-refractivity contribution in [2.45, 2.75) is 25.6 Å². The first-order chi connectivity index (χ1) is 7.20. The van der Waals surface area contributed by atoms with E-state index >= 15 is 0 Å². The number of carbonyl (C=O) groups is 1. The van der Waals surface area contributed by atoms with Crippen LogP contribution in [0.5, 0.6) is 0 Å². The molecule has 0 saturated carbocycles. The van der Waals surface area contributed by atoms with Gasteiger partial charge in [-0.1, -0.05) is 0 Å². The highest BCUT2D eigenvalue weighted by molar-refractivity contribution is 7.89. The van der Waals surface area contributed by atoms with Crippen LogP contribution in [0.4, 0.5) is 0 Å². The maximum absolute atomic E-state index is 11.2. The quantitative estimate of drug-likeness (QED) is 0.845. The summed E-state index contributed by atoms with van der Waals surface area (Å²) < 4.78 is 23.8. The van der Waals surface area contributed by atoms with E-state index < -0.39 is 15.8 Å². The molecule has 1 heterocycles. The van der Waals surface area contributed by atoms with E-state index in [-0.39, 0.29) is 17.5 Å². The molecule has 6 nitrogen and oxygen atoms in total. The van der Waals surface area contributed by atoms with Crippen LogP contribution in [-0.2, 0) is 15.6 Å². The van der Waals surface area contributed by atoms with Crippen molar-refractivity contribution in [3.05, 3.63) is 17.5 Å². The molecule has 0 spiro atoms. The van der Waals surface area contributed by atoms with Crippen LogP contribution in [0.1, 0.15) is 36.1 Å². The zero-order valence-corrected chi connectivity index (χ0v) is 10.2. The van der Waals surface area contributed by atoms with E-state index in [4.69, 9.17) is 5.11 Å². The number of carboxylic acid groups (broad SMARTS) is 1. The number of nitrogens with zero attached hydrogens (tertiary/aromatic N) is 2. The van der Waals surface area contributed by atoms with E-state index in [0.717, 1.165) is 6.26 Å². The molecule has 0 aliphatic heterocycles. The molecule has 1 rings (SSSR count). The molecule has 0 fully saturated rings. The highest BCUT2D eigenvalue weighted by Crippen LogP contribution is 2.14. The van der Waals surface area contributed by atoms with E-state index in [1.54, 1.807) is 0 Å². The molecule has 1 N–H and O–H groups in total. The Bertz CT molecular complexity index is 502. The minimum atomic E-state index is -3.20. The van der Waals surface area contributed by atoms with Gasteiger partial charge in [0.15, 0.2) is 15.5 Å². The molecule has 0 saturated heterocycles. The standard InChI is InChI=1S/C9H14N2O4S/c1-6(2)11-7(5-16(3,14)15)4-8(10-11)9(12)13/h4,6H,5H2,1-3H3,(H,12,13). The number of hydrogen-bond acceptors (Lipinski definition) is 4. The third-order valence-corrected chi connectivity index (χ3v) is 2.75. The largest absolute Gasteiger partial charge is 0.476 e. The Balaban J connectivity index is 3.20. The average Bonchev–Trinajstić information content (AvgIpc) is 2.44. The molecule has 0 radical (unpaired) electrons. The number of aromatic nitrogens is 2. The third kappa shape index (κ3) is 3.06. The van der Waals surface area contributed by atoms with Crippen LogP contribution in [0, 0.1) is 0 Å². The van der Waals surface area contributed by atoms with Gasteiger partial charge in [0.05, 0.1) is 11.4 Å². The first kappa shape index (κ1) is 12.7. The minimum absolute atomic E-state index is 0.0788. The van der Waals surface area contributed by atoms with E-state index in [1.165, 1.54) is 10.7 Å². The van der Waals surface area contributed by atoms with Gasteiger partial charge in [0.25, 0.3) is 0 Å². The van der Waals surface area contributed by atoms with Gasteiger partial charge in [-0.2, -0.15) is 5.10 Å². The van der Waals surface area contributed by atoms with Gasteiger partial charge in [-0.25, -0.2) is 13.2 Å². The Hall–Kier alpha value is -1.37. The lowest BCUT2D eigenvalue weighted by atomic mass is 10.3. The lowest BCUT2D eigenvalue weighted by molar-refractivity contribution is 0.0689. The zero-order chi connectivity index (χ0) is 12.5. The van der Waals surface area contributed by atoms with Crippen molar-refractivity contribution in [2.75, 3.05) is 6.26 Å². The second-order valence-electron chi connectivity index (χ2n) is 3.93. The van der Waals surface area contributed by atoms with Crippen molar-refractivity contribution in [3.8, 4) is 0 Å². The Morgan fingerprint density at radius 3 is 2.50 bits per heavy atom. The molecule has 16 heavy (non-hydrogen) atoms. The van der Waals surface area contributed by atoms with E-state index in [1.807, 2.05) is 13.8 Å². The SMILES string of the molecule is CC(C)n1nc(C(=O)O)cc1CS(C)(=O)=O. The van der Waals surface area contributed by atoms with Crippen LogP contribution in [-0.4, -0.2) is 35.5 Å². The van der Waals surface area contributed by atoms with Gasteiger partial charge in [-0.15, -0.1) is 0 Å². The predicted octanol–water partition coefficient (Wildman–Crippen LogP) is 0.707. The molecule has 1 aromatic rings. The Labute approximate surface area is 93.8 Å². The van der Waals surface area contributed by atoms with E-state index in [2.05, 4.69) is 5.10 Å². The van der Waals surface area contributed by atoms with Gasteiger partial charge in [0, 0.05) is 12.3 Å². The maximum atomic E-state index is 11.2. The molecule has 0 aliphatic rings. The Kier molecular flexibility index (Phi) is 3.37. The first-order valence-corrected chi connectivity index (χ1v) is 6.76. The van der Waals surface area contributed by atoms with Crippen LogP contribution in [0.3, 0.4) is 0 Å². The summed E-state index contributed by atoms with van der Waals surface area (Å²) in [5.74, 6) is -1.36. The van der Waals surface area contributed by atoms with Gasteiger partial charge < -0.3 is 5.11 Å². The lowest BCUT2D eigenvalue weighted by Crippen LogP contribution is -2.11. The molecule has 0 unspecified atom stereocenters. The van der Waals surface area contributed by atoms with Crippen LogP contribution in [0.15, 0.2) is 6.07 Å². The summed E-state index contributed by atoms with van der Waals surface area (Å²) in [6.45, 7) is 3.62. The molecular weight excluding hydrogens is 232 g/mol. The van der Waals surface area contributed by atoms with Crippen molar-refractivity contribution in [1.29, 1.82) is 0 Å². The third-order valence-electron chi connectivity index (χ3n) is 1.93. The minimum Gasteiger partial charge on any atom is -0.476 e. The topological polar surface area (TPSA) is 89.3 Å². The fourth-order valence-corrected chi connectivity index (χ4v) is 2.11. The number of aromatic carboxylic acids is 1. The van der Waals surface area contributed by atoms with Crippen LogP contribution < -0.4 is 0 Å². The Morgan fingerprint density at radius 1 is 1.56 bits per heavy atom. The summed E-state index contributed by atoms with van der Waals surface area (Å²) in [6, 6.07) is 1.22. The average molecular weight is 246 g/mol. The molecule has 0 aliphatic carbocycles. The molecule has 0 atom stereocenters. The smallest absolute Gasteiger partial charge is 0.356 e. The van der Waals surface area contributed by atoms with Crippen molar-refractivity contribution in [3.63, 3.8) is 0 Å². The molecule has 0 aromatic carbocycles. The van der Waals surface area contributed by atoms with Crippen LogP contribution in [0.25, 0.3) is 0 Å². The normalized spacial score (nSPS) is 12.0. The lowest BCUT2D eigenvalue weighted by Gasteiger charge is -2.09. The zero-order valence-electron chi connectivity index (χ0n) is 9.34. The molecule has 90 valence electrons. The molecule has 0 amide bonds. The second kappa shape index (κ2) is 4.25. The molecular formula is C9H14N2O4S. The summed E-state index contributed by atoms with van der Waals surface area (Å²) >= 11 is 0. The second-order valence-corrected chi connectivity index (χ2v) is 6.07. The maximum Gasteiger partial charge on any atom is 0.356 e. The summed E-state index contributed by atoms with van der Waals surface area (Å²) in [4.78, 5) is 10.7. The summed E-state index contributed by atoms with van der Waals surface area (Å²) in [5.41, 5.74) is 0.266. The summed E-state index contributed by atoms with van der Waals surface area (Å²) in [7, 11) is -3.20. The number of hydrogen-bond donors (Lipinski definition) is 1. The van der Waals surface area contributed by atoms with Gasteiger partial charge in [-0.3, -0.25) is 4.68 Å². The van der Waals surface area contributed by atoms with E-state index in [0.29, 0.717) is 5.69 Å². The Morgan fingerprint density at radius 2 is 2.12 bits per heavy atom. The highest BCUT2D eigenvalue weighted by atomic mass is 32.2. The fourth-order valence-electron chi connectivity index (χ4n) is 1.36. The van der Waals surface area contributed by atoms with Crippen molar-refractivity contribution < 1.29 is 18.3 Å². The van der Waals surface area contributed by atoms with Gasteiger partial charge >= 0.3 is 5.97 Å². The molecule has 1 aromatic heterocycles. The van der Waals surface area contributed by atoms with Crippen LogP contribution in [0.2, 0.25) is 0 Å². The van der Waals surface area contributed by atoms with Gasteiger partial charge in [-0.05, 0) is 19.9 Å². The van der Waals surface area contributed by atoms with Gasteiger partial charge in [0.2, 0.25) is 0 Å². The molecule has 0 bridgehead atoms. The molecule has 7 heteroatoms. The van der Waals surface area contributed by atoms with Crippen molar-refractivity contribution >= 4 is 15.8 Å². The van der Waals surface area contributed by atoms with Crippen molar-refractivity contribution in [1.82, 2.24) is 9.78 Å². The number of rotatable bonds is 4. The van der Waals surface area contributed by atoms with Crippen molar-refractivity contribution in [2.24, 2.45) is 0 Å². The van der Waals surface area contributed by atoms with Crippen LogP contribution >= 0.6 is 0 Å². The highest BCUT2D eigenvalue weighted by Gasteiger charge is 2.17. The summed E-state index contributed by atoms with van der Waals surface area (Å²) in [6.07, 6.45) is 1.10. The monoisotopic (exact) mass is 246 g/mol. The number of sulfone groups is 1. The summed E-state index contributed by atoms with van der Waals surface area (Å²) in [5, 5.41) is 12.6. The predicted molar refractivity (Wildman–Crippen MR) is 58.1 cm³/mol. The first-order valence-electron chi connectivity index (χ1n) is 4.70. The van der Waals surface area contributed by atoms with E-state index in [9.17, 15) is 13.2 Å². The van der Waals surface area contributed by atoms with Gasteiger partial charge in [0.1, 0.15) is 0 Å². The number of carboxylic acids is 1. The fraction of sp³-hybridized carbons (Fsp3) is 0.556.